The third-order valence-electron chi connectivity index (χ3n) is 4.71. The summed E-state index contributed by atoms with van der Waals surface area (Å²) < 4.78 is 0. The third kappa shape index (κ3) is 7.82. The molecule has 2 aromatic heterocycles. The Bertz CT molecular complexity index is 1120. The van der Waals surface area contributed by atoms with E-state index in [1.165, 1.54) is 22.7 Å². The normalized spacial score (nSPS) is 10.8. The molecule has 2 aromatic carbocycles. The summed E-state index contributed by atoms with van der Waals surface area (Å²) in [5.74, 6) is 1.64. The van der Waals surface area contributed by atoms with Gasteiger partial charge in [-0.05, 0) is 11.1 Å². The molecule has 0 bridgehead atoms. The highest BCUT2D eigenvalue weighted by atomic mass is 32.2. The van der Waals surface area contributed by atoms with E-state index in [0.29, 0.717) is 24.4 Å². The minimum atomic E-state index is -0.0994. The van der Waals surface area contributed by atoms with Crippen molar-refractivity contribution in [3.63, 3.8) is 0 Å². The summed E-state index contributed by atoms with van der Waals surface area (Å²) in [5.41, 5.74) is 1.98. The second-order valence-electron chi connectivity index (χ2n) is 7.48. The Labute approximate surface area is 210 Å². The van der Waals surface area contributed by atoms with Crippen LogP contribution in [0.4, 0.5) is 5.13 Å². The Morgan fingerprint density at radius 3 is 2.12 bits per heavy atom. The van der Waals surface area contributed by atoms with Crippen LogP contribution in [0.2, 0.25) is 0 Å². The lowest BCUT2D eigenvalue weighted by Gasteiger charge is -2.00. The summed E-state index contributed by atoms with van der Waals surface area (Å²) in [6, 6.07) is 19.3. The van der Waals surface area contributed by atoms with Crippen molar-refractivity contribution in [2.75, 3.05) is 11.1 Å². The van der Waals surface area contributed by atoms with Gasteiger partial charge >= 0.3 is 0 Å². The first-order valence-electron chi connectivity index (χ1n) is 10.7. The molecule has 0 saturated heterocycles. The SMILES string of the molecule is O=C(Cc1ccccc1)Cc1nnc(CSCCc2nnc(NC(=O)Cc3ccccc3)s2)s1. The van der Waals surface area contributed by atoms with Gasteiger partial charge in [0.05, 0.1) is 12.8 Å². The van der Waals surface area contributed by atoms with Crippen molar-refractivity contribution >= 4 is 51.3 Å². The molecule has 0 unspecified atom stereocenters. The third-order valence-corrected chi connectivity index (χ3v) is 7.68. The summed E-state index contributed by atoms with van der Waals surface area (Å²) >= 11 is 4.63. The maximum atomic E-state index is 12.3. The Kier molecular flexibility index (Phi) is 8.89. The van der Waals surface area contributed by atoms with E-state index in [-0.39, 0.29) is 11.7 Å². The molecule has 0 fully saturated rings. The van der Waals surface area contributed by atoms with Gasteiger partial charge in [0.1, 0.15) is 20.8 Å². The van der Waals surface area contributed by atoms with Crippen molar-refractivity contribution in [3.8, 4) is 0 Å². The van der Waals surface area contributed by atoms with Crippen molar-refractivity contribution in [2.24, 2.45) is 0 Å². The van der Waals surface area contributed by atoms with Gasteiger partial charge in [0.15, 0.2) is 0 Å². The maximum absolute atomic E-state index is 12.3. The number of ketones is 1. The molecule has 34 heavy (non-hydrogen) atoms. The highest BCUT2D eigenvalue weighted by molar-refractivity contribution is 7.98. The second-order valence-corrected chi connectivity index (χ2v) is 10.8. The van der Waals surface area contributed by atoms with Crippen molar-refractivity contribution in [3.05, 3.63) is 86.8 Å². The Morgan fingerprint density at radius 1 is 0.735 bits per heavy atom. The monoisotopic (exact) mass is 509 g/mol. The first kappa shape index (κ1) is 24.2. The minimum absolute atomic E-state index is 0.0994. The predicted octanol–water partition coefficient (Wildman–Crippen LogP) is 4.40. The quantitative estimate of drug-likeness (QED) is 0.283. The lowest BCUT2D eigenvalue weighted by molar-refractivity contribution is -0.118. The molecule has 0 aliphatic heterocycles. The van der Waals surface area contributed by atoms with Crippen molar-refractivity contribution in [2.45, 2.75) is 31.4 Å². The van der Waals surface area contributed by atoms with Crippen LogP contribution in [0, 0.1) is 0 Å². The highest BCUT2D eigenvalue weighted by Crippen LogP contribution is 2.21. The van der Waals surface area contributed by atoms with Gasteiger partial charge < -0.3 is 5.32 Å². The van der Waals surface area contributed by atoms with E-state index in [1.54, 1.807) is 11.8 Å². The highest BCUT2D eigenvalue weighted by Gasteiger charge is 2.12. The lowest BCUT2D eigenvalue weighted by atomic mass is 10.1. The number of nitrogens with zero attached hydrogens (tertiary/aromatic N) is 4. The van der Waals surface area contributed by atoms with Crippen LogP contribution >= 0.6 is 34.4 Å². The van der Waals surface area contributed by atoms with E-state index in [4.69, 9.17) is 0 Å². The van der Waals surface area contributed by atoms with Gasteiger partial charge in [-0.2, -0.15) is 11.8 Å². The molecule has 4 aromatic rings. The van der Waals surface area contributed by atoms with Crippen LogP contribution in [-0.4, -0.2) is 37.8 Å². The number of anilines is 1. The molecule has 10 heteroatoms. The number of rotatable bonds is 12. The van der Waals surface area contributed by atoms with Gasteiger partial charge in [-0.25, -0.2) is 0 Å². The van der Waals surface area contributed by atoms with Gasteiger partial charge in [-0.15, -0.1) is 31.7 Å². The number of hydrogen-bond donors (Lipinski definition) is 1. The van der Waals surface area contributed by atoms with Crippen LogP contribution in [0.5, 0.6) is 0 Å². The summed E-state index contributed by atoms with van der Waals surface area (Å²) in [4.78, 5) is 24.4. The van der Waals surface area contributed by atoms with E-state index in [0.717, 1.165) is 44.1 Å². The number of carbonyl (C=O) groups excluding carboxylic acids is 2. The molecule has 0 atom stereocenters. The molecule has 1 amide bonds. The van der Waals surface area contributed by atoms with Crippen molar-refractivity contribution in [1.29, 1.82) is 0 Å². The van der Waals surface area contributed by atoms with E-state index < -0.39 is 0 Å². The van der Waals surface area contributed by atoms with Crippen molar-refractivity contribution in [1.82, 2.24) is 20.4 Å². The predicted molar refractivity (Wildman–Crippen MR) is 137 cm³/mol. The number of carbonyl (C=O) groups is 2. The number of aryl methyl sites for hydroxylation is 1. The molecule has 0 saturated carbocycles. The number of benzene rings is 2. The molecule has 174 valence electrons. The molecule has 2 heterocycles. The molecule has 0 radical (unpaired) electrons. The van der Waals surface area contributed by atoms with E-state index in [2.05, 4.69) is 25.7 Å². The zero-order valence-electron chi connectivity index (χ0n) is 18.3. The Morgan fingerprint density at radius 2 is 1.38 bits per heavy atom. The van der Waals surface area contributed by atoms with E-state index >= 15 is 0 Å². The number of thioether (sulfide) groups is 1. The maximum Gasteiger partial charge on any atom is 0.230 e. The minimum Gasteiger partial charge on any atom is -0.300 e. The zero-order chi connectivity index (χ0) is 23.6. The molecule has 1 N–H and O–H groups in total. The zero-order valence-corrected chi connectivity index (χ0v) is 20.8. The molecule has 0 aliphatic rings. The average molecular weight is 510 g/mol. The van der Waals surface area contributed by atoms with Gasteiger partial charge in [0, 0.05) is 24.3 Å². The molecule has 7 nitrogen and oxygen atoms in total. The average Bonchev–Trinajstić information content (AvgIpc) is 3.47. The topological polar surface area (TPSA) is 97.7 Å². The Balaban J connectivity index is 1.15. The molecular formula is C24H23N5O2S3. The number of amides is 1. The molecule has 0 spiro atoms. The first-order chi connectivity index (χ1) is 16.6. The fraction of sp³-hybridized carbons (Fsp3) is 0.250. The van der Waals surface area contributed by atoms with Gasteiger partial charge in [-0.3, -0.25) is 9.59 Å². The number of nitrogens with one attached hydrogen (secondary N) is 1. The standard InChI is InChI=1S/C24H23N5O2S3/c30-19(13-17-7-3-1-4-8-17)15-22-27-28-23(33-22)16-32-12-11-21-26-29-24(34-21)25-20(31)14-18-9-5-2-6-10-18/h1-10H,11-16H2,(H,25,29,31). The van der Waals surface area contributed by atoms with Crippen LogP contribution < -0.4 is 5.32 Å². The largest absolute Gasteiger partial charge is 0.300 e. The number of hydrogen-bond acceptors (Lipinski definition) is 9. The fourth-order valence-electron chi connectivity index (χ4n) is 3.14. The van der Waals surface area contributed by atoms with Gasteiger partial charge in [-0.1, -0.05) is 72.0 Å². The van der Waals surface area contributed by atoms with Gasteiger partial charge in [0.25, 0.3) is 0 Å². The molecule has 4 rings (SSSR count). The summed E-state index contributed by atoms with van der Waals surface area (Å²) in [6.45, 7) is 0. The van der Waals surface area contributed by atoms with Gasteiger partial charge in [0.2, 0.25) is 11.0 Å². The van der Waals surface area contributed by atoms with Crippen LogP contribution in [0.3, 0.4) is 0 Å². The molecular weight excluding hydrogens is 486 g/mol. The van der Waals surface area contributed by atoms with E-state index in [1.807, 2.05) is 60.7 Å². The van der Waals surface area contributed by atoms with Crippen LogP contribution in [-0.2, 0) is 41.0 Å². The van der Waals surface area contributed by atoms with Crippen LogP contribution in [0.25, 0.3) is 0 Å². The first-order valence-corrected chi connectivity index (χ1v) is 13.5. The summed E-state index contributed by atoms with van der Waals surface area (Å²) in [7, 11) is 0. The summed E-state index contributed by atoms with van der Waals surface area (Å²) in [5, 5.41) is 22.5. The number of aromatic nitrogens is 4. The van der Waals surface area contributed by atoms with Crippen LogP contribution in [0.1, 0.15) is 26.1 Å². The summed E-state index contributed by atoms with van der Waals surface area (Å²) in [6.07, 6.45) is 1.81. The lowest BCUT2D eigenvalue weighted by Crippen LogP contribution is -2.14. The number of Topliss-reactive ketones (excluding diaryl/α,β-unsaturated/α-hetero) is 1. The van der Waals surface area contributed by atoms with Crippen LogP contribution in [0.15, 0.2) is 60.7 Å². The van der Waals surface area contributed by atoms with E-state index in [9.17, 15) is 9.59 Å². The smallest absolute Gasteiger partial charge is 0.230 e. The fourth-order valence-corrected chi connectivity index (χ4v) is 5.89. The Hall–Kier alpha value is -2.95. The molecule has 0 aliphatic carbocycles. The van der Waals surface area contributed by atoms with Crippen molar-refractivity contribution < 1.29 is 9.59 Å². The second kappa shape index (κ2) is 12.5.